The van der Waals surface area contributed by atoms with Crippen LogP contribution in [0.5, 0.6) is 5.75 Å². The van der Waals surface area contributed by atoms with Gasteiger partial charge < -0.3 is 20.7 Å². The molecule has 2 aliphatic rings. The predicted octanol–water partition coefficient (Wildman–Crippen LogP) is 2.74. The monoisotopic (exact) mass is 388 g/mol. The second kappa shape index (κ2) is 9.05. The van der Waals surface area contributed by atoms with Crippen LogP contribution < -0.4 is 15.8 Å². The van der Waals surface area contributed by atoms with Gasteiger partial charge in [0.2, 0.25) is 0 Å². The maximum absolute atomic E-state index is 12.7. The van der Waals surface area contributed by atoms with E-state index >= 15 is 0 Å². The number of nitro benzene ring substituents is 1. The molecule has 3 rings (SSSR count). The van der Waals surface area contributed by atoms with Gasteiger partial charge in [-0.1, -0.05) is 12.2 Å². The highest BCUT2D eigenvalue weighted by molar-refractivity contribution is 5.98. The number of piperidine rings is 1. The van der Waals surface area contributed by atoms with E-state index in [1.165, 1.54) is 32.1 Å². The van der Waals surface area contributed by atoms with Crippen LogP contribution in [0.3, 0.4) is 0 Å². The topological polar surface area (TPSA) is 111 Å². The van der Waals surface area contributed by atoms with Crippen molar-refractivity contribution in [2.45, 2.75) is 38.1 Å². The fourth-order valence-electron chi connectivity index (χ4n) is 4.00. The Morgan fingerprint density at radius 2 is 2.07 bits per heavy atom. The van der Waals surface area contributed by atoms with Gasteiger partial charge >= 0.3 is 0 Å². The second-order valence-corrected chi connectivity index (χ2v) is 7.57. The van der Waals surface area contributed by atoms with Crippen LogP contribution in [0.4, 0.5) is 11.4 Å². The summed E-state index contributed by atoms with van der Waals surface area (Å²) in [5, 5.41) is 14.1. The van der Waals surface area contributed by atoms with E-state index < -0.39 is 4.92 Å². The molecule has 1 aliphatic heterocycles. The summed E-state index contributed by atoms with van der Waals surface area (Å²) in [5.74, 6) is 0.606. The largest absolute Gasteiger partial charge is 0.496 e. The number of carbonyl (C=O) groups is 1. The molecule has 0 aromatic heterocycles. The number of nitro groups is 1. The number of likely N-dealkylation sites (tertiary alicyclic amines) is 1. The van der Waals surface area contributed by atoms with Crippen LogP contribution in [-0.4, -0.2) is 48.5 Å². The lowest BCUT2D eigenvalue weighted by Crippen LogP contribution is -2.45. The van der Waals surface area contributed by atoms with Crippen molar-refractivity contribution < 1.29 is 14.5 Å². The molecular weight excluding hydrogens is 360 g/mol. The zero-order valence-corrected chi connectivity index (χ0v) is 16.2. The number of carbonyl (C=O) groups excluding carboxylic acids is 1. The Hall–Kier alpha value is -2.61. The summed E-state index contributed by atoms with van der Waals surface area (Å²) >= 11 is 0. The fourth-order valence-corrected chi connectivity index (χ4v) is 4.00. The van der Waals surface area contributed by atoms with E-state index in [1.54, 1.807) is 0 Å². The Kier molecular flexibility index (Phi) is 6.51. The molecule has 0 spiro atoms. The number of nitrogens with zero attached hydrogens (tertiary/aromatic N) is 2. The molecule has 1 atom stereocenters. The van der Waals surface area contributed by atoms with Crippen LogP contribution in [0.2, 0.25) is 0 Å². The molecule has 3 N–H and O–H groups in total. The van der Waals surface area contributed by atoms with Gasteiger partial charge in [-0.25, -0.2) is 0 Å². The van der Waals surface area contributed by atoms with Gasteiger partial charge in [0.25, 0.3) is 11.6 Å². The summed E-state index contributed by atoms with van der Waals surface area (Å²) in [4.78, 5) is 25.7. The molecule has 1 aromatic carbocycles. The van der Waals surface area contributed by atoms with Crippen molar-refractivity contribution in [2.75, 3.05) is 32.5 Å². The molecule has 1 unspecified atom stereocenters. The minimum absolute atomic E-state index is 0.0238. The lowest BCUT2D eigenvalue weighted by molar-refractivity contribution is -0.383. The molecule has 28 heavy (non-hydrogen) atoms. The van der Waals surface area contributed by atoms with Crippen LogP contribution in [0, 0.1) is 16.0 Å². The molecule has 1 saturated heterocycles. The molecule has 1 amide bonds. The van der Waals surface area contributed by atoms with E-state index in [-0.39, 0.29) is 34.6 Å². The third kappa shape index (κ3) is 4.81. The number of anilines is 1. The molecule has 0 saturated carbocycles. The summed E-state index contributed by atoms with van der Waals surface area (Å²) in [6, 6.07) is 2.57. The molecule has 1 aliphatic carbocycles. The third-order valence-corrected chi connectivity index (χ3v) is 5.61. The minimum atomic E-state index is -0.593. The Labute approximate surface area is 164 Å². The summed E-state index contributed by atoms with van der Waals surface area (Å²) in [6.07, 6.45) is 9.86. The Bertz CT molecular complexity index is 757. The van der Waals surface area contributed by atoms with Crippen LogP contribution in [0.1, 0.15) is 42.5 Å². The Balaban J connectivity index is 1.57. The molecule has 1 fully saturated rings. The van der Waals surface area contributed by atoms with Gasteiger partial charge in [0.05, 0.1) is 17.6 Å². The highest BCUT2D eigenvalue weighted by atomic mass is 16.6. The molecule has 8 heteroatoms. The lowest BCUT2D eigenvalue weighted by atomic mass is 9.93. The zero-order valence-electron chi connectivity index (χ0n) is 16.2. The molecule has 152 valence electrons. The molecule has 0 bridgehead atoms. The van der Waals surface area contributed by atoms with Crippen LogP contribution in [-0.2, 0) is 0 Å². The SMILES string of the molecule is COc1cc(N)c([N+](=O)[O-])cc1C(=O)NC1CCN(CC2CC=CCC2)CC1. The van der Waals surface area contributed by atoms with Crippen LogP contribution >= 0.6 is 0 Å². The number of benzene rings is 1. The zero-order chi connectivity index (χ0) is 20.1. The first-order valence-electron chi connectivity index (χ1n) is 9.78. The molecule has 1 heterocycles. The number of hydrogen-bond donors (Lipinski definition) is 2. The van der Waals surface area contributed by atoms with Gasteiger partial charge in [-0.05, 0) is 38.0 Å². The first-order chi connectivity index (χ1) is 13.5. The van der Waals surface area contributed by atoms with E-state index in [2.05, 4.69) is 22.4 Å². The Morgan fingerprint density at radius 1 is 1.32 bits per heavy atom. The number of nitrogens with one attached hydrogen (secondary N) is 1. The average Bonchev–Trinajstić information content (AvgIpc) is 2.69. The summed E-state index contributed by atoms with van der Waals surface area (Å²) in [5.41, 5.74) is 5.51. The number of methoxy groups -OCH3 is 1. The predicted molar refractivity (Wildman–Crippen MR) is 107 cm³/mol. The summed E-state index contributed by atoms with van der Waals surface area (Å²) in [7, 11) is 1.41. The highest BCUT2D eigenvalue weighted by Crippen LogP contribution is 2.31. The van der Waals surface area contributed by atoms with E-state index in [1.807, 2.05) is 0 Å². The number of ether oxygens (including phenoxy) is 1. The van der Waals surface area contributed by atoms with Gasteiger partial charge in [0.15, 0.2) is 0 Å². The normalized spacial score (nSPS) is 20.7. The summed E-state index contributed by atoms with van der Waals surface area (Å²) < 4.78 is 5.20. The standard InChI is InChI=1S/C20H28N4O4/c1-28-19-12-17(21)18(24(26)27)11-16(19)20(25)22-15-7-9-23(10-8-15)13-14-5-3-2-4-6-14/h2-3,11-12,14-15H,4-10,13,21H2,1H3,(H,22,25). The molecular formula is C20H28N4O4. The first kappa shape index (κ1) is 20.1. The Morgan fingerprint density at radius 3 is 2.68 bits per heavy atom. The average molecular weight is 388 g/mol. The fraction of sp³-hybridized carbons (Fsp3) is 0.550. The number of allylic oxidation sites excluding steroid dienone is 2. The number of hydrogen-bond acceptors (Lipinski definition) is 6. The van der Waals surface area contributed by atoms with E-state index in [0.717, 1.165) is 44.8 Å². The van der Waals surface area contributed by atoms with Crippen molar-refractivity contribution >= 4 is 17.3 Å². The number of rotatable bonds is 6. The number of amides is 1. The maximum atomic E-state index is 12.7. The second-order valence-electron chi connectivity index (χ2n) is 7.57. The molecule has 8 nitrogen and oxygen atoms in total. The smallest absolute Gasteiger partial charge is 0.293 e. The van der Waals surface area contributed by atoms with Crippen LogP contribution in [0.25, 0.3) is 0 Å². The minimum Gasteiger partial charge on any atom is -0.496 e. The maximum Gasteiger partial charge on any atom is 0.293 e. The highest BCUT2D eigenvalue weighted by Gasteiger charge is 2.26. The van der Waals surface area contributed by atoms with Gasteiger partial charge in [-0.3, -0.25) is 14.9 Å². The van der Waals surface area contributed by atoms with Crippen molar-refractivity contribution in [1.29, 1.82) is 0 Å². The van der Waals surface area contributed by atoms with Gasteiger partial charge in [0.1, 0.15) is 11.4 Å². The molecule has 0 radical (unpaired) electrons. The van der Waals surface area contributed by atoms with E-state index in [4.69, 9.17) is 10.5 Å². The lowest BCUT2D eigenvalue weighted by Gasteiger charge is -2.35. The number of nitrogens with two attached hydrogens (primary N) is 1. The van der Waals surface area contributed by atoms with Crippen molar-refractivity contribution in [3.63, 3.8) is 0 Å². The van der Waals surface area contributed by atoms with Gasteiger partial charge in [-0.15, -0.1) is 0 Å². The van der Waals surface area contributed by atoms with Gasteiger partial charge in [0, 0.05) is 37.8 Å². The summed E-state index contributed by atoms with van der Waals surface area (Å²) in [6.45, 7) is 3.01. The van der Waals surface area contributed by atoms with Gasteiger partial charge in [-0.2, -0.15) is 0 Å². The van der Waals surface area contributed by atoms with Crippen LogP contribution in [0.15, 0.2) is 24.3 Å². The van der Waals surface area contributed by atoms with E-state index in [0.29, 0.717) is 0 Å². The van der Waals surface area contributed by atoms with Crippen molar-refractivity contribution in [3.8, 4) is 5.75 Å². The number of nitrogen functional groups attached to an aromatic ring is 1. The first-order valence-corrected chi connectivity index (χ1v) is 9.78. The molecule has 1 aromatic rings. The van der Waals surface area contributed by atoms with E-state index in [9.17, 15) is 14.9 Å². The third-order valence-electron chi connectivity index (χ3n) is 5.61. The van der Waals surface area contributed by atoms with Crippen molar-refractivity contribution in [2.24, 2.45) is 5.92 Å². The van der Waals surface area contributed by atoms with Crippen molar-refractivity contribution in [1.82, 2.24) is 10.2 Å². The quantitative estimate of drug-likeness (QED) is 0.335. The van der Waals surface area contributed by atoms with Crippen molar-refractivity contribution in [3.05, 3.63) is 40.0 Å².